The third kappa shape index (κ3) is 4.96. The van der Waals surface area contributed by atoms with E-state index in [-0.39, 0.29) is 53.4 Å². The van der Waals surface area contributed by atoms with Crippen LogP contribution in [0.25, 0.3) is 0 Å². The van der Waals surface area contributed by atoms with E-state index in [4.69, 9.17) is 16.3 Å². The van der Waals surface area contributed by atoms with Gasteiger partial charge >= 0.3 is 0 Å². The predicted molar refractivity (Wildman–Crippen MR) is 115 cm³/mol. The Kier molecular flexibility index (Phi) is 6.69. The minimum absolute atomic E-state index is 0.0104. The third-order valence-corrected chi connectivity index (χ3v) is 7.08. The number of amides is 2. The van der Waals surface area contributed by atoms with Crippen molar-refractivity contribution in [1.82, 2.24) is 21.1 Å². The molecule has 1 heterocycles. The molecule has 31 heavy (non-hydrogen) atoms. The quantitative estimate of drug-likeness (QED) is 0.591. The van der Waals surface area contributed by atoms with E-state index < -0.39 is 5.82 Å². The lowest BCUT2D eigenvalue weighted by Crippen LogP contribution is -2.61. The second-order valence-electron chi connectivity index (χ2n) is 8.95. The molecule has 3 N–H and O–H groups in total. The van der Waals surface area contributed by atoms with Gasteiger partial charge in [-0.2, -0.15) is 0 Å². The summed E-state index contributed by atoms with van der Waals surface area (Å²) in [4.78, 5) is 25.3. The molecule has 9 heteroatoms. The van der Waals surface area contributed by atoms with Crippen molar-refractivity contribution in [3.8, 4) is 5.75 Å². The first-order valence-electron chi connectivity index (χ1n) is 11.0. The fourth-order valence-electron chi connectivity index (χ4n) is 5.07. The van der Waals surface area contributed by atoms with Gasteiger partial charge in [-0.05, 0) is 56.6 Å². The average molecular weight is 453 g/mol. The molecule has 5 rings (SSSR count). The normalized spacial score (nSPS) is 32.3. The number of nitrogens with one attached hydrogen (secondary N) is 3. The first-order valence-corrected chi connectivity index (χ1v) is 11.4. The summed E-state index contributed by atoms with van der Waals surface area (Å²) in [5.74, 6) is 0.412. The number of carbonyl (C=O) groups excluding carboxylic acids is 2. The molecule has 0 aromatic heterocycles. The van der Waals surface area contributed by atoms with Crippen molar-refractivity contribution in [2.45, 2.75) is 63.7 Å². The van der Waals surface area contributed by atoms with E-state index >= 15 is 0 Å². The van der Waals surface area contributed by atoms with E-state index in [1.165, 1.54) is 12.1 Å². The molecule has 7 nitrogen and oxygen atoms in total. The predicted octanol–water partition coefficient (Wildman–Crippen LogP) is 2.24. The fourth-order valence-corrected chi connectivity index (χ4v) is 5.19. The van der Waals surface area contributed by atoms with Crippen LogP contribution in [0.4, 0.5) is 4.39 Å². The molecule has 3 saturated carbocycles. The van der Waals surface area contributed by atoms with E-state index in [1.54, 1.807) is 0 Å². The number of nitrogens with zero attached hydrogens (tertiary/aromatic N) is 1. The molecule has 1 aromatic rings. The lowest BCUT2D eigenvalue weighted by atomic mass is 9.60. The highest BCUT2D eigenvalue weighted by atomic mass is 35.5. The van der Waals surface area contributed by atoms with Gasteiger partial charge in [0.05, 0.1) is 5.02 Å². The van der Waals surface area contributed by atoms with Gasteiger partial charge in [-0.1, -0.05) is 18.5 Å². The highest BCUT2D eigenvalue weighted by molar-refractivity contribution is 6.30. The lowest BCUT2D eigenvalue weighted by molar-refractivity contribution is -0.129. The van der Waals surface area contributed by atoms with Crippen molar-refractivity contribution in [1.29, 1.82) is 0 Å². The van der Waals surface area contributed by atoms with Crippen molar-refractivity contribution >= 4 is 23.4 Å². The van der Waals surface area contributed by atoms with Crippen molar-refractivity contribution < 1.29 is 18.7 Å². The van der Waals surface area contributed by atoms with Crippen LogP contribution in [0.5, 0.6) is 5.75 Å². The highest BCUT2D eigenvalue weighted by Crippen LogP contribution is 2.45. The summed E-state index contributed by atoms with van der Waals surface area (Å²) >= 11 is 5.66. The molecule has 3 unspecified atom stereocenters. The number of hydrazine groups is 1. The Bertz CT molecular complexity index is 835. The minimum Gasteiger partial charge on any atom is -0.484 e. The van der Waals surface area contributed by atoms with Gasteiger partial charge in [-0.25, -0.2) is 9.40 Å². The van der Waals surface area contributed by atoms with Crippen LogP contribution < -0.4 is 20.8 Å². The summed E-state index contributed by atoms with van der Waals surface area (Å²) in [5, 5.41) is 8.31. The standard InChI is InChI=1S/C22H30ClFN4O3/c1-3-28-20(6-12(2)27-28)22(30)26-19-10-18(13-7-14(19)8-13)25-21(29)11-31-15-4-5-16(23)17(24)9-15/h4-5,9,12-14,18-20,27H,3,6-8,10-11H2,1-2H3,(H,25,29)(H,26,30)/t12?,13?,14?,18-,19?,20?/m0/s1. The molecule has 1 saturated heterocycles. The maximum atomic E-state index is 13.5. The average Bonchev–Trinajstić information content (AvgIpc) is 3.09. The lowest BCUT2D eigenvalue weighted by Gasteiger charge is -2.51. The van der Waals surface area contributed by atoms with Crippen molar-refractivity contribution in [3.05, 3.63) is 29.0 Å². The first-order chi connectivity index (χ1) is 14.8. The van der Waals surface area contributed by atoms with Gasteiger partial charge < -0.3 is 15.4 Å². The maximum Gasteiger partial charge on any atom is 0.258 e. The Labute approximate surface area is 187 Å². The van der Waals surface area contributed by atoms with Crippen LogP contribution in [-0.4, -0.2) is 54.1 Å². The second kappa shape index (κ2) is 9.30. The molecule has 1 aliphatic heterocycles. The Hall–Kier alpha value is -1.90. The van der Waals surface area contributed by atoms with Crippen molar-refractivity contribution in [2.75, 3.05) is 13.2 Å². The molecule has 2 bridgehead atoms. The molecule has 1 aromatic carbocycles. The van der Waals surface area contributed by atoms with Gasteiger partial charge in [0.25, 0.3) is 5.91 Å². The van der Waals surface area contributed by atoms with Crippen LogP contribution in [0.2, 0.25) is 5.02 Å². The van der Waals surface area contributed by atoms with Gasteiger partial charge in [0.1, 0.15) is 17.6 Å². The van der Waals surface area contributed by atoms with E-state index in [1.807, 2.05) is 11.9 Å². The number of benzene rings is 1. The zero-order valence-corrected chi connectivity index (χ0v) is 18.6. The number of likely N-dealkylation sites (N-methyl/N-ethyl adjacent to an activating group) is 1. The van der Waals surface area contributed by atoms with Gasteiger partial charge in [0.2, 0.25) is 5.91 Å². The Morgan fingerprint density at radius 1 is 1.19 bits per heavy atom. The van der Waals surface area contributed by atoms with Crippen LogP contribution in [0.3, 0.4) is 0 Å². The zero-order chi connectivity index (χ0) is 22.1. The summed E-state index contributed by atoms with van der Waals surface area (Å²) in [5.41, 5.74) is 3.33. The molecule has 170 valence electrons. The summed E-state index contributed by atoms with van der Waals surface area (Å²) in [6, 6.07) is 4.30. The second-order valence-corrected chi connectivity index (χ2v) is 9.36. The smallest absolute Gasteiger partial charge is 0.258 e. The van der Waals surface area contributed by atoms with Crippen LogP contribution in [-0.2, 0) is 9.59 Å². The molecule has 3 aliphatic carbocycles. The molecule has 4 aliphatic rings. The van der Waals surface area contributed by atoms with E-state index in [0.29, 0.717) is 11.8 Å². The number of fused-ring (bicyclic) bond motifs is 2. The van der Waals surface area contributed by atoms with Gasteiger partial charge in [0, 0.05) is 30.7 Å². The van der Waals surface area contributed by atoms with E-state index in [2.05, 4.69) is 23.0 Å². The number of hydrogen-bond acceptors (Lipinski definition) is 5. The van der Waals surface area contributed by atoms with E-state index in [9.17, 15) is 14.0 Å². The van der Waals surface area contributed by atoms with Gasteiger partial charge in [0.15, 0.2) is 6.61 Å². The molecule has 4 atom stereocenters. The van der Waals surface area contributed by atoms with Crippen molar-refractivity contribution in [2.24, 2.45) is 11.8 Å². The molecular weight excluding hydrogens is 423 g/mol. The first kappa shape index (κ1) is 22.3. The minimum atomic E-state index is -0.584. The third-order valence-electron chi connectivity index (χ3n) is 6.77. The molecule has 0 radical (unpaired) electrons. The highest BCUT2D eigenvalue weighted by Gasteiger charge is 2.47. The summed E-state index contributed by atoms with van der Waals surface area (Å²) in [6.45, 7) is 4.70. The van der Waals surface area contributed by atoms with Gasteiger partial charge in [-0.15, -0.1) is 0 Å². The molecular formula is C22H30ClFN4O3. The van der Waals surface area contributed by atoms with E-state index in [0.717, 1.165) is 38.3 Å². The number of halogens is 2. The zero-order valence-electron chi connectivity index (χ0n) is 17.9. The van der Waals surface area contributed by atoms with Crippen molar-refractivity contribution in [3.63, 3.8) is 0 Å². The maximum absolute atomic E-state index is 13.5. The SMILES string of the molecule is CCN1NC(C)CC1C(=O)NC1C[C@H](NC(=O)COc2ccc(Cl)c(F)c2)C2CC1C2. The monoisotopic (exact) mass is 452 g/mol. The van der Waals surface area contributed by atoms with Crippen LogP contribution in [0.1, 0.15) is 39.5 Å². The van der Waals surface area contributed by atoms with Gasteiger partial charge in [-0.3, -0.25) is 15.0 Å². The number of ether oxygens (including phenoxy) is 1. The Balaban J connectivity index is 1.27. The number of hydrogen-bond donors (Lipinski definition) is 3. The number of rotatable bonds is 7. The fraction of sp³-hybridized carbons (Fsp3) is 0.636. The summed E-state index contributed by atoms with van der Waals surface area (Å²) < 4.78 is 18.9. The van der Waals surface area contributed by atoms with Crippen LogP contribution >= 0.6 is 11.6 Å². The molecule has 2 amide bonds. The number of carbonyl (C=O) groups is 2. The van der Waals surface area contributed by atoms with Crippen LogP contribution in [0.15, 0.2) is 18.2 Å². The van der Waals surface area contributed by atoms with Crippen LogP contribution in [0, 0.1) is 17.7 Å². The molecule has 0 spiro atoms. The Morgan fingerprint density at radius 3 is 2.58 bits per heavy atom. The summed E-state index contributed by atoms with van der Waals surface area (Å²) in [6.07, 6.45) is 3.54. The molecule has 4 fully saturated rings. The largest absolute Gasteiger partial charge is 0.484 e. The summed E-state index contributed by atoms with van der Waals surface area (Å²) in [7, 11) is 0. The topological polar surface area (TPSA) is 82.7 Å². The Morgan fingerprint density at radius 2 is 1.90 bits per heavy atom.